The van der Waals surface area contributed by atoms with Crippen LogP contribution in [0.15, 0.2) is 0 Å². The molecule has 2 aliphatic carbocycles. The summed E-state index contributed by atoms with van der Waals surface area (Å²) >= 11 is 3.09. The van der Waals surface area contributed by atoms with Gasteiger partial charge >= 0.3 is 0 Å². The zero-order valence-electron chi connectivity index (χ0n) is 15.9. The Morgan fingerprint density at radius 3 is 1.33 bits per heavy atom. The molecule has 0 amide bonds. The Morgan fingerprint density at radius 1 is 0.704 bits per heavy atom. The number of hydrogen-bond donors (Lipinski definition) is 0. The predicted octanol–water partition coefficient (Wildman–Crippen LogP) is 2.38. The molecule has 0 N–H and O–H groups in total. The van der Waals surface area contributed by atoms with Crippen molar-refractivity contribution in [2.45, 2.75) is 32.1 Å². The number of ether oxygens (including phenoxy) is 2. The Labute approximate surface area is 168 Å². The van der Waals surface area contributed by atoms with E-state index >= 15 is 0 Å². The fourth-order valence-electron chi connectivity index (χ4n) is 3.80. The molecule has 0 unspecified atom stereocenters. The normalized spacial score (nSPS) is 29.4. The molecule has 2 aliphatic rings. The van der Waals surface area contributed by atoms with Gasteiger partial charge in [-0.1, -0.05) is 0 Å². The number of hydrogen-bond acceptors (Lipinski definition) is 8. The molecule has 0 saturated heterocycles. The minimum Gasteiger partial charge on any atom is -0.371 e. The van der Waals surface area contributed by atoms with Gasteiger partial charge < -0.3 is 9.47 Å². The molecule has 27 heavy (non-hydrogen) atoms. The lowest BCUT2D eigenvalue weighted by Crippen LogP contribution is -2.41. The van der Waals surface area contributed by atoms with Crippen molar-refractivity contribution in [1.82, 2.24) is 0 Å². The maximum absolute atomic E-state index is 12.4. The zero-order chi connectivity index (χ0) is 19.8. The quantitative estimate of drug-likeness (QED) is 0.305. The number of thioether (sulfide) groups is 2. The van der Waals surface area contributed by atoms with E-state index in [2.05, 4.69) is 0 Å². The van der Waals surface area contributed by atoms with E-state index in [1.54, 1.807) is 23.5 Å². The fraction of sp³-hybridized carbons (Fsp3) is 0.789. The van der Waals surface area contributed by atoms with E-state index in [4.69, 9.17) is 9.47 Å². The number of Topliss-reactive ketones (excluding diaryl/α,β-unsaturated/α-hetero) is 4. The van der Waals surface area contributed by atoms with Crippen LogP contribution in [0.25, 0.3) is 0 Å². The SMILES string of the molecule is CSCOCC1CC(=O)C(CC2C(=O)CC(COCSC)CC2=O)C(=O)C1. The van der Waals surface area contributed by atoms with Gasteiger partial charge in [0.25, 0.3) is 0 Å². The zero-order valence-corrected chi connectivity index (χ0v) is 17.6. The molecule has 8 heteroatoms. The number of rotatable bonds is 10. The molecule has 0 aromatic rings. The smallest absolute Gasteiger partial charge is 0.143 e. The molecule has 6 nitrogen and oxygen atoms in total. The first-order valence-corrected chi connectivity index (χ1v) is 12.0. The van der Waals surface area contributed by atoms with Crippen LogP contribution in [0.5, 0.6) is 0 Å². The van der Waals surface area contributed by atoms with Gasteiger partial charge in [-0.3, -0.25) is 19.2 Å². The summed E-state index contributed by atoms with van der Waals surface area (Å²) in [5.41, 5.74) is 0. The number of carbonyl (C=O) groups excluding carboxylic acids is 4. The highest BCUT2D eigenvalue weighted by molar-refractivity contribution is 7.98. The van der Waals surface area contributed by atoms with Gasteiger partial charge in [-0.2, -0.15) is 0 Å². The summed E-state index contributed by atoms with van der Waals surface area (Å²) in [4.78, 5) is 49.8. The monoisotopic (exact) mass is 416 g/mol. The van der Waals surface area contributed by atoms with Crippen LogP contribution < -0.4 is 0 Å². The van der Waals surface area contributed by atoms with Gasteiger partial charge in [0, 0.05) is 25.7 Å². The second-order valence-electron chi connectivity index (χ2n) is 7.31. The van der Waals surface area contributed by atoms with Crippen LogP contribution in [0.4, 0.5) is 0 Å². The maximum Gasteiger partial charge on any atom is 0.143 e. The van der Waals surface area contributed by atoms with Crippen LogP contribution >= 0.6 is 23.5 Å². The Balaban J connectivity index is 1.87. The van der Waals surface area contributed by atoms with Crippen LogP contribution in [0.1, 0.15) is 32.1 Å². The van der Waals surface area contributed by atoms with Gasteiger partial charge in [-0.05, 0) is 30.8 Å². The number of carbonyl (C=O) groups is 4. The van der Waals surface area contributed by atoms with Gasteiger partial charge in [0.05, 0.1) is 36.9 Å². The molecule has 2 saturated carbocycles. The van der Waals surface area contributed by atoms with E-state index in [-0.39, 0.29) is 67.1 Å². The van der Waals surface area contributed by atoms with E-state index in [9.17, 15) is 19.2 Å². The summed E-state index contributed by atoms with van der Waals surface area (Å²) in [7, 11) is 0. The van der Waals surface area contributed by atoms with Crippen molar-refractivity contribution < 1.29 is 28.7 Å². The van der Waals surface area contributed by atoms with E-state index in [1.165, 1.54) is 0 Å². The second kappa shape index (κ2) is 11.3. The molecule has 0 aromatic carbocycles. The van der Waals surface area contributed by atoms with Crippen LogP contribution in [-0.2, 0) is 28.7 Å². The Hall–Kier alpha value is -0.700. The van der Waals surface area contributed by atoms with Gasteiger partial charge in [0.15, 0.2) is 0 Å². The van der Waals surface area contributed by atoms with Crippen molar-refractivity contribution >= 4 is 46.7 Å². The van der Waals surface area contributed by atoms with E-state index < -0.39 is 11.8 Å². The summed E-state index contributed by atoms with van der Waals surface area (Å²) < 4.78 is 10.9. The van der Waals surface area contributed by atoms with Crippen molar-refractivity contribution in [1.29, 1.82) is 0 Å². The summed E-state index contributed by atoms with van der Waals surface area (Å²) in [5, 5.41) is 0. The molecule has 2 rings (SSSR count). The lowest BCUT2D eigenvalue weighted by atomic mass is 9.71. The van der Waals surface area contributed by atoms with Gasteiger partial charge in [-0.15, -0.1) is 23.5 Å². The molecular formula is C19H28O6S2. The van der Waals surface area contributed by atoms with Crippen LogP contribution in [0.2, 0.25) is 0 Å². The van der Waals surface area contributed by atoms with Crippen molar-refractivity contribution in [3.05, 3.63) is 0 Å². The van der Waals surface area contributed by atoms with Gasteiger partial charge in [0.2, 0.25) is 0 Å². The van der Waals surface area contributed by atoms with Crippen molar-refractivity contribution in [2.24, 2.45) is 23.7 Å². The molecule has 0 heterocycles. The first-order valence-electron chi connectivity index (χ1n) is 9.20. The third-order valence-corrected chi connectivity index (χ3v) is 5.90. The minimum absolute atomic E-state index is 0.0477. The van der Waals surface area contributed by atoms with Crippen molar-refractivity contribution in [2.75, 3.05) is 37.6 Å². The Kier molecular flexibility index (Phi) is 9.48. The largest absolute Gasteiger partial charge is 0.371 e. The van der Waals surface area contributed by atoms with Crippen LogP contribution in [0, 0.1) is 23.7 Å². The number of ketones is 4. The first kappa shape index (κ1) is 22.6. The second-order valence-corrected chi connectivity index (χ2v) is 8.94. The summed E-state index contributed by atoms with van der Waals surface area (Å²) in [6.45, 7) is 0.786. The lowest BCUT2D eigenvalue weighted by molar-refractivity contribution is -0.142. The molecule has 0 aliphatic heterocycles. The first-order chi connectivity index (χ1) is 13.0. The molecule has 0 atom stereocenters. The summed E-state index contributed by atoms with van der Waals surface area (Å²) in [6, 6.07) is 0. The molecule has 152 valence electrons. The molecule has 2 fully saturated rings. The van der Waals surface area contributed by atoms with Gasteiger partial charge in [0.1, 0.15) is 23.1 Å². The van der Waals surface area contributed by atoms with E-state index in [0.717, 1.165) is 0 Å². The summed E-state index contributed by atoms with van der Waals surface area (Å²) in [6.07, 6.45) is 5.02. The maximum atomic E-state index is 12.4. The Morgan fingerprint density at radius 2 is 1.04 bits per heavy atom. The summed E-state index contributed by atoms with van der Waals surface area (Å²) in [5.74, 6) is -1.37. The van der Waals surface area contributed by atoms with Crippen LogP contribution in [0.3, 0.4) is 0 Å². The third kappa shape index (κ3) is 6.69. The average Bonchev–Trinajstić information content (AvgIpc) is 2.60. The minimum atomic E-state index is -0.816. The topological polar surface area (TPSA) is 86.7 Å². The van der Waals surface area contributed by atoms with Gasteiger partial charge in [-0.25, -0.2) is 0 Å². The predicted molar refractivity (Wildman–Crippen MR) is 106 cm³/mol. The van der Waals surface area contributed by atoms with E-state index in [1.807, 2.05) is 12.5 Å². The highest BCUT2D eigenvalue weighted by Crippen LogP contribution is 2.33. The third-order valence-electron chi connectivity index (χ3n) is 5.09. The molecule has 0 bridgehead atoms. The Bertz CT molecular complexity index is 480. The average molecular weight is 417 g/mol. The lowest BCUT2D eigenvalue weighted by Gasteiger charge is -2.31. The fourth-order valence-corrected chi connectivity index (χ4v) is 4.33. The highest BCUT2D eigenvalue weighted by Gasteiger charge is 2.42. The standard InChI is InChI=1S/C19H28O6S2/c1-26-10-24-8-12-3-16(20)14(17(21)4-12)7-15-18(22)5-13(6-19(15)23)9-25-11-27-2/h12-15H,3-11H2,1-2H3. The van der Waals surface area contributed by atoms with E-state index in [0.29, 0.717) is 25.1 Å². The molecule has 0 spiro atoms. The molecule has 0 aromatic heterocycles. The molecule has 0 radical (unpaired) electrons. The van der Waals surface area contributed by atoms with Crippen LogP contribution in [-0.4, -0.2) is 60.7 Å². The van der Waals surface area contributed by atoms with Crippen molar-refractivity contribution in [3.8, 4) is 0 Å². The molecular weight excluding hydrogens is 388 g/mol. The van der Waals surface area contributed by atoms with Crippen molar-refractivity contribution in [3.63, 3.8) is 0 Å². The highest BCUT2D eigenvalue weighted by atomic mass is 32.2.